The van der Waals surface area contributed by atoms with Crippen LogP contribution in [0.2, 0.25) is 0 Å². The number of nitrogens with zero attached hydrogens (tertiary/aromatic N) is 1. The molecule has 0 spiro atoms. The fourth-order valence-electron chi connectivity index (χ4n) is 2.75. The van der Waals surface area contributed by atoms with Crippen molar-refractivity contribution in [3.63, 3.8) is 0 Å². The zero-order valence-electron chi connectivity index (χ0n) is 14.7. The molecule has 1 aliphatic rings. The Labute approximate surface area is 135 Å². The number of carbonyl (C=O) groups excluding carboxylic acids is 1. The van der Waals surface area contributed by atoms with Gasteiger partial charge in [0.1, 0.15) is 0 Å². The Morgan fingerprint density at radius 1 is 1.27 bits per heavy atom. The van der Waals surface area contributed by atoms with Gasteiger partial charge in [-0.3, -0.25) is 4.79 Å². The number of rotatable bonds is 4. The third-order valence-electron chi connectivity index (χ3n) is 4.93. The Morgan fingerprint density at radius 3 is 2.45 bits per heavy atom. The fraction of sp³-hybridized carbons (Fsp3) is 0.632. The van der Waals surface area contributed by atoms with Crippen LogP contribution in [0.3, 0.4) is 0 Å². The van der Waals surface area contributed by atoms with Crippen molar-refractivity contribution in [3.8, 4) is 0 Å². The molecule has 1 unspecified atom stereocenters. The summed E-state index contributed by atoms with van der Waals surface area (Å²) in [7, 11) is 0. The molecule has 1 heterocycles. The highest BCUT2D eigenvalue weighted by Crippen LogP contribution is 2.29. The van der Waals surface area contributed by atoms with Crippen molar-refractivity contribution < 1.29 is 4.79 Å². The summed E-state index contributed by atoms with van der Waals surface area (Å²) in [6.07, 6.45) is 3.13. The second kappa shape index (κ2) is 6.72. The van der Waals surface area contributed by atoms with E-state index >= 15 is 0 Å². The maximum Gasteiger partial charge on any atom is 0.224 e. The third-order valence-corrected chi connectivity index (χ3v) is 4.93. The SMILES string of the molecule is Cc1cc(N2CCCC2)ccc1NC(=O)CC(C)C(C)(C)C. The first-order valence-electron chi connectivity index (χ1n) is 8.43. The highest BCUT2D eigenvalue weighted by Gasteiger charge is 2.22. The van der Waals surface area contributed by atoms with E-state index in [4.69, 9.17) is 0 Å². The number of carbonyl (C=O) groups is 1. The number of benzene rings is 1. The predicted octanol–water partition coefficient (Wildman–Crippen LogP) is 4.61. The summed E-state index contributed by atoms with van der Waals surface area (Å²) < 4.78 is 0. The summed E-state index contributed by atoms with van der Waals surface area (Å²) in [6, 6.07) is 6.36. The number of amides is 1. The molecule has 1 aliphatic heterocycles. The van der Waals surface area contributed by atoms with Crippen LogP contribution in [-0.2, 0) is 4.79 Å². The van der Waals surface area contributed by atoms with Gasteiger partial charge in [0.25, 0.3) is 0 Å². The summed E-state index contributed by atoms with van der Waals surface area (Å²) in [4.78, 5) is 14.7. The largest absolute Gasteiger partial charge is 0.372 e. The minimum absolute atomic E-state index is 0.111. The zero-order valence-corrected chi connectivity index (χ0v) is 14.7. The molecule has 1 amide bonds. The van der Waals surface area contributed by atoms with Gasteiger partial charge >= 0.3 is 0 Å². The smallest absolute Gasteiger partial charge is 0.224 e. The number of hydrogen-bond acceptors (Lipinski definition) is 2. The van der Waals surface area contributed by atoms with E-state index in [0.717, 1.165) is 24.3 Å². The van der Waals surface area contributed by atoms with Crippen molar-refractivity contribution in [2.24, 2.45) is 11.3 Å². The summed E-state index contributed by atoms with van der Waals surface area (Å²) in [6.45, 7) is 13.1. The van der Waals surface area contributed by atoms with Gasteiger partial charge in [-0.15, -0.1) is 0 Å². The van der Waals surface area contributed by atoms with Crippen LogP contribution in [0.15, 0.2) is 18.2 Å². The van der Waals surface area contributed by atoms with Crippen molar-refractivity contribution in [2.75, 3.05) is 23.3 Å². The average molecular weight is 302 g/mol. The number of anilines is 2. The van der Waals surface area contributed by atoms with Crippen LogP contribution >= 0.6 is 0 Å². The molecule has 3 nitrogen and oxygen atoms in total. The lowest BCUT2D eigenvalue weighted by Gasteiger charge is -2.26. The molecule has 0 radical (unpaired) electrons. The number of nitrogens with one attached hydrogen (secondary N) is 1. The first kappa shape index (κ1) is 16.9. The molecule has 3 heteroatoms. The van der Waals surface area contributed by atoms with Crippen LogP contribution in [0.5, 0.6) is 0 Å². The highest BCUT2D eigenvalue weighted by molar-refractivity contribution is 5.92. The van der Waals surface area contributed by atoms with E-state index in [0.29, 0.717) is 12.3 Å². The summed E-state index contributed by atoms with van der Waals surface area (Å²) in [5.74, 6) is 0.469. The Bertz CT molecular complexity index is 525. The van der Waals surface area contributed by atoms with Crippen molar-refractivity contribution in [1.29, 1.82) is 0 Å². The molecule has 1 N–H and O–H groups in total. The summed E-state index contributed by atoms with van der Waals surface area (Å²) in [5, 5.41) is 3.07. The maximum atomic E-state index is 12.2. The zero-order chi connectivity index (χ0) is 16.3. The molecule has 1 aromatic rings. The van der Waals surface area contributed by atoms with Gasteiger partial charge in [0.2, 0.25) is 5.91 Å². The van der Waals surface area contributed by atoms with Gasteiger partial charge in [-0.25, -0.2) is 0 Å². The highest BCUT2D eigenvalue weighted by atomic mass is 16.1. The average Bonchev–Trinajstić information content (AvgIpc) is 2.93. The Hall–Kier alpha value is -1.51. The first-order chi connectivity index (χ1) is 10.3. The molecule has 1 aromatic carbocycles. The van der Waals surface area contributed by atoms with Gasteiger partial charge in [-0.1, -0.05) is 27.7 Å². The summed E-state index contributed by atoms with van der Waals surface area (Å²) in [5.41, 5.74) is 3.51. The van der Waals surface area contributed by atoms with Crippen LogP contribution in [0.25, 0.3) is 0 Å². The van der Waals surface area contributed by atoms with Crippen LogP contribution in [0.4, 0.5) is 11.4 Å². The van der Waals surface area contributed by atoms with E-state index in [-0.39, 0.29) is 11.3 Å². The standard InChI is InChI=1S/C19H30N2O/c1-14-12-16(21-10-6-7-11-21)8-9-17(14)20-18(22)13-15(2)19(3,4)5/h8-9,12,15H,6-7,10-11,13H2,1-5H3,(H,20,22). The molecule has 122 valence electrons. The molecule has 2 rings (SSSR count). The van der Waals surface area contributed by atoms with E-state index in [1.165, 1.54) is 18.5 Å². The fourth-order valence-corrected chi connectivity index (χ4v) is 2.75. The molecule has 0 aliphatic carbocycles. The van der Waals surface area contributed by atoms with Crippen LogP contribution in [-0.4, -0.2) is 19.0 Å². The normalized spacial score (nSPS) is 16.7. The first-order valence-corrected chi connectivity index (χ1v) is 8.43. The minimum Gasteiger partial charge on any atom is -0.372 e. The van der Waals surface area contributed by atoms with Gasteiger partial charge in [-0.2, -0.15) is 0 Å². The monoisotopic (exact) mass is 302 g/mol. The van der Waals surface area contributed by atoms with Crippen LogP contribution in [0.1, 0.15) is 52.5 Å². The molecular weight excluding hydrogens is 272 g/mol. The minimum atomic E-state index is 0.111. The Morgan fingerprint density at radius 2 is 1.91 bits per heavy atom. The molecule has 0 saturated carbocycles. The van der Waals surface area contributed by atoms with E-state index < -0.39 is 0 Å². The molecule has 0 aromatic heterocycles. The lowest BCUT2D eigenvalue weighted by molar-refractivity contribution is -0.117. The van der Waals surface area contributed by atoms with E-state index in [1.54, 1.807) is 0 Å². The number of hydrogen-bond donors (Lipinski definition) is 1. The summed E-state index contributed by atoms with van der Waals surface area (Å²) >= 11 is 0. The quantitative estimate of drug-likeness (QED) is 0.881. The molecule has 1 fully saturated rings. The van der Waals surface area contributed by atoms with Crippen LogP contribution in [0, 0.1) is 18.3 Å². The van der Waals surface area contributed by atoms with Crippen molar-refractivity contribution in [2.45, 2.75) is 53.9 Å². The lowest BCUT2D eigenvalue weighted by Crippen LogP contribution is -2.24. The van der Waals surface area contributed by atoms with Crippen molar-refractivity contribution >= 4 is 17.3 Å². The predicted molar refractivity (Wildman–Crippen MR) is 94.5 cm³/mol. The van der Waals surface area contributed by atoms with E-state index in [2.05, 4.69) is 57.0 Å². The van der Waals surface area contributed by atoms with Gasteiger partial charge < -0.3 is 10.2 Å². The Kier molecular flexibility index (Phi) is 5.15. The second-order valence-electron chi connectivity index (χ2n) is 7.71. The van der Waals surface area contributed by atoms with E-state index in [1.807, 2.05) is 6.07 Å². The second-order valence-corrected chi connectivity index (χ2v) is 7.71. The molecule has 1 atom stereocenters. The molecule has 0 bridgehead atoms. The van der Waals surface area contributed by atoms with Gasteiger partial charge in [-0.05, 0) is 54.9 Å². The van der Waals surface area contributed by atoms with Crippen molar-refractivity contribution in [1.82, 2.24) is 0 Å². The van der Waals surface area contributed by atoms with Crippen LogP contribution < -0.4 is 10.2 Å². The maximum absolute atomic E-state index is 12.2. The molecular formula is C19H30N2O. The molecule has 1 saturated heterocycles. The van der Waals surface area contributed by atoms with E-state index in [9.17, 15) is 4.79 Å². The van der Waals surface area contributed by atoms with Crippen molar-refractivity contribution in [3.05, 3.63) is 23.8 Å². The molecule has 22 heavy (non-hydrogen) atoms. The lowest BCUT2D eigenvalue weighted by atomic mass is 9.80. The Balaban J connectivity index is 1.99. The number of aryl methyl sites for hydroxylation is 1. The van der Waals surface area contributed by atoms with Gasteiger partial charge in [0.15, 0.2) is 0 Å². The van der Waals surface area contributed by atoms with Gasteiger partial charge in [0, 0.05) is 30.9 Å². The van der Waals surface area contributed by atoms with Gasteiger partial charge in [0.05, 0.1) is 0 Å². The third kappa shape index (κ3) is 4.25. The topological polar surface area (TPSA) is 32.3 Å².